The number of aryl methyl sites for hydroxylation is 1. The van der Waals surface area contributed by atoms with Crippen molar-refractivity contribution in [2.75, 3.05) is 4.90 Å². The van der Waals surface area contributed by atoms with Crippen LogP contribution in [0.3, 0.4) is 0 Å². The second-order valence-electron chi connectivity index (χ2n) is 8.94. The molecule has 3 nitrogen and oxygen atoms in total. The van der Waals surface area contributed by atoms with E-state index < -0.39 is 0 Å². The Morgan fingerprint density at radius 1 is 1.00 bits per heavy atom. The van der Waals surface area contributed by atoms with Gasteiger partial charge in [-0.25, -0.2) is 4.98 Å². The summed E-state index contributed by atoms with van der Waals surface area (Å²) in [6.45, 7) is 4.73. The first-order valence-electron chi connectivity index (χ1n) is 10.7. The number of para-hydroxylation sites is 1. The summed E-state index contributed by atoms with van der Waals surface area (Å²) in [7, 11) is 0. The van der Waals surface area contributed by atoms with Gasteiger partial charge in [0.05, 0.1) is 5.69 Å². The molecule has 1 spiro atoms. The van der Waals surface area contributed by atoms with E-state index in [0.717, 1.165) is 12.2 Å². The Labute approximate surface area is 167 Å². The molecule has 1 fully saturated rings. The zero-order valence-corrected chi connectivity index (χ0v) is 16.8. The Morgan fingerprint density at radius 2 is 1.82 bits per heavy atom. The van der Waals surface area contributed by atoms with Crippen molar-refractivity contribution in [1.82, 2.24) is 9.55 Å². The topological polar surface area (TPSA) is 21.1 Å². The Hall–Kier alpha value is -2.55. The van der Waals surface area contributed by atoms with E-state index in [0.29, 0.717) is 11.5 Å². The van der Waals surface area contributed by atoms with Crippen LogP contribution >= 0.6 is 0 Å². The molecule has 1 unspecified atom stereocenters. The number of rotatable bonds is 1. The summed E-state index contributed by atoms with van der Waals surface area (Å²) in [5, 5.41) is 0. The minimum absolute atomic E-state index is 0.306. The Bertz CT molecular complexity index is 1070. The molecular formula is C25H27N3. The van der Waals surface area contributed by atoms with Gasteiger partial charge in [-0.15, -0.1) is 0 Å². The molecule has 1 atom stereocenters. The molecule has 2 aromatic carbocycles. The number of hydrogen-bond donors (Lipinski definition) is 0. The Kier molecular flexibility index (Phi) is 3.36. The number of hydrogen-bond acceptors (Lipinski definition) is 2. The molecule has 3 heteroatoms. The number of fused-ring (bicyclic) bond motifs is 5. The lowest BCUT2D eigenvalue weighted by Crippen LogP contribution is -2.42. The van der Waals surface area contributed by atoms with E-state index in [1.54, 1.807) is 5.56 Å². The highest BCUT2D eigenvalue weighted by molar-refractivity contribution is 5.78. The van der Waals surface area contributed by atoms with Crippen molar-refractivity contribution in [1.29, 1.82) is 0 Å². The minimum atomic E-state index is 0.306. The van der Waals surface area contributed by atoms with Crippen molar-refractivity contribution in [3.63, 3.8) is 0 Å². The van der Waals surface area contributed by atoms with Gasteiger partial charge < -0.3 is 9.47 Å². The van der Waals surface area contributed by atoms with Gasteiger partial charge in [-0.3, -0.25) is 0 Å². The maximum absolute atomic E-state index is 4.54. The molecule has 0 radical (unpaired) electrons. The third-order valence-corrected chi connectivity index (χ3v) is 7.61. The molecule has 3 aromatic rings. The first-order chi connectivity index (χ1) is 13.7. The molecule has 0 saturated heterocycles. The van der Waals surface area contributed by atoms with Crippen molar-refractivity contribution < 1.29 is 0 Å². The van der Waals surface area contributed by atoms with E-state index in [1.165, 1.54) is 60.3 Å². The molecular weight excluding hydrogens is 342 g/mol. The molecule has 1 aliphatic carbocycles. The van der Waals surface area contributed by atoms with Gasteiger partial charge in [-0.05, 0) is 55.5 Å². The van der Waals surface area contributed by atoms with E-state index in [2.05, 4.69) is 70.9 Å². The van der Waals surface area contributed by atoms with Crippen molar-refractivity contribution in [2.24, 2.45) is 0 Å². The molecule has 1 aromatic heterocycles. The normalized spacial score (nSPS) is 21.6. The van der Waals surface area contributed by atoms with Gasteiger partial charge in [0.1, 0.15) is 5.82 Å². The second-order valence-corrected chi connectivity index (χ2v) is 8.94. The van der Waals surface area contributed by atoms with Gasteiger partial charge in [0.15, 0.2) is 0 Å². The van der Waals surface area contributed by atoms with E-state index in [-0.39, 0.29) is 0 Å². The number of benzene rings is 2. The van der Waals surface area contributed by atoms with Gasteiger partial charge >= 0.3 is 0 Å². The van der Waals surface area contributed by atoms with Crippen LogP contribution in [0, 0.1) is 6.92 Å². The van der Waals surface area contributed by atoms with Crippen molar-refractivity contribution in [3.8, 4) is 5.69 Å². The van der Waals surface area contributed by atoms with Crippen LogP contribution in [0.4, 0.5) is 11.4 Å². The molecule has 6 rings (SSSR count). The highest BCUT2D eigenvalue weighted by Crippen LogP contribution is 2.55. The predicted molar refractivity (Wildman–Crippen MR) is 114 cm³/mol. The monoisotopic (exact) mass is 369 g/mol. The van der Waals surface area contributed by atoms with Crippen molar-refractivity contribution >= 4 is 11.4 Å². The Balaban J connectivity index is 1.54. The number of imidazole rings is 1. The van der Waals surface area contributed by atoms with Crippen LogP contribution < -0.4 is 4.90 Å². The fourth-order valence-corrected chi connectivity index (χ4v) is 6.22. The summed E-state index contributed by atoms with van der Waals surface area (Å²) >= 11 is 0. The van der Waals surface area contributed by atoms with Crippen molar-refractivity contribution in [2.45, 2.75) is 63.8 Å². The predicted octanol–water partition coefficient (Wildman–Crippen LogP) is 5.83. The highest BCUT2D eigenvalue weighted by atomic mass is 15.2. The van der Waals surface area contributed by atoms with Gasteiger partial charge in [0, 0.05) is 41.6 Å². The summed E-state index contributed by atoms with van der Waals surface area (Å²) in [5.41, 5.74) is 8.75. The third-order valence-electron chi connectivity index (χ3n) is 7.61. The largest absolute Gasteiger partial charge is 0.337 e. The zero-order valence-electron chi connectivity index (χ0n) is 16.8. The fourth-order valence-electron chi connectivity index (χ4n) is 6.22. The molecule has 3 heterocycles. The van der Waals surface area contributed by atoms with Gasteiger partial charge in [0.2, 0.25) is 0 Å². The van der Waals surface area contributed by atoms with Crippen LogP contribution in [0.15, 0.2) is 48.8 Å². The average Bonchev–Trinajstić information content (AvgIpc) is 3.36. The standard InChI is InChI=1S/C25H27N3/c1-17-14-19-15-24-26-12-13-27(24)23(19)16-22(17)28-18(2)25(10-6-3-7-11-25)20-8-4-5-9-21(20)28/h4-5,8-9,12-14,16,18H,3,6-7,10-11,15H2,1-2H3. The van der Waals surface area contributed by atoms with Crippen LogP contribution in [0.25, 0.3) is 5.69 Å². The summed E-state index contributed by atoms with van der Waals surface area (Å²) in [6, 6.07) is 14.5. The minimum Gasteiger partial charge on any atom is -0.337 e. The molecule has 0 amide bonds. The Morgan fingerprint density at radius 3 is 2.68 bits per heavy atom. The summed E-state index contributed by atoms with van der Waals surface area (Å²) in [4.78, 5) is 7.18. The van der Waals surface area contributed by atoms with Crippen molar-refractivity contribution in [3.05, 3.63) is 71.3 Å². The lowest BCUT2D eigenvalue weighted by Gasteiger charge is -2.40. The number of aromatic nitrogens is 2. The third kappa shape index (κ3) is 2.02. The first-order valence-corrected chi connectivity index (χ1v) is 10.7. The maximum atomic E-state index is 4.54. The summed E-state index contributed by atoms with van der Waals surface area (Å²) < 4.78 is 2.27. The molecule has 2 aliphatic heterocycles. The summed E-state index contributed by atoms with van der Waals surface area (Å²) in [6.07, 6.45) is 11.7. The van der Waals surface area contributed by atoms with E-state index in [9.17, 15) is 0 Å². The smallest absolute Gasteiger partial charge is 0.117 e. The van der Waals surface area contributed by atoms with Crippen LogP contribution in [0.1, 0.15) is 61.5 Å². The fraction of sp³-hybridized carbons (Fsp3) is 0.400. The number of nitrogens with zero attached hydrogens (tertiary/aromatic N) is 3. The SMILES string of the molecule is Cc1cc2c(cc1N1c3ccccc3C3(CCCCC3)C1C)-n1ccnc1C2. The molecule has 1 saturated carbocycles. The lowest BCUT2D eigenvalue weighted by molar-refractivity contribution is 0.268. The van der Waals surface area contributed by atoms with Crippen LogP contribution in [0.2, 0.25) is 0 Å². The molecule has 0 N–H and O–H groups in total. The van der Waals surface area contributed by atoms with Crippen LogP contribution in [-0.4, -0.2) is 15.6 Å². The van der Waals surface area contributed by atoms with E-state index in [4.69, 9.17) is 0 Å². The molecule has 3 aliphatic rings. The van der Waals surface area contributed by atoms with Gasteiger partial charge in [0.25, 0.3) is 0 Å². The van der Waals surface area contributed by atoms with Crippen LogP contribution in [-0.2, 0) is 11.8 Å². The molecule has 28 heavy (non-hydrogen) atoms. The zero-order chi connectivity index (χ0) is 18.9. The van der Waals surface area contributed by atoms with Gasteiger partial charge in [-0.1, -0.05) is 43.5 Å². The molecule has 0 bridgehead atoms. The average molecular weight is 370 g/mol. The lowest BCUT2D eigenvalue weighted by atomic mass is 9.67. The van der Waals surface area contributed by atoms with E-state index in [1.807, 2.05) is 6.20 Å². The first kappa shape index (κ1) is 16.4. The summed E-state index contributed by atoms with van der Waals surface area (Å²) in [5.74, 6) is 1.16. The highest BCUT2D eigenvalue weighted by Gasteiger charge is 2.49. The van der Waals surface area contributed by atoms with E-state index >= 15 is 0 Å². The second kappa shape index (κ2) is 5.73. The quantitative estimate of drug-likeness (QED) is 0.421. The molecule has 142 valence electrons. The van der Waals surface area contributed by atoms with Gasteiger partial charge in [-0.2, -0.15) is 0 Å². The van der Waals surface area contributed by atoms with Crippen LogP contribution in [0.5, 0.6) is 0 Å². The number of anilines is 2. The maximum Gasteiger partial charge on any atom is 0.117 e.